The van der Waals surface area contributed by atoms with Gasteiger partial charge in [0.05, 0.1) is 41.9 Å². The molecule has 10 heteroatoms. The topological polar surface area (TPSA) is 111 Å². The number of carboxylic acid groups (broad SMARTS) is 1. The fourth-order valence-electron chi connectivity index (χ4n) is 4.49. The molecule has 1 aromatic heterocycles. The molecular formula is C31H38FN3O5S. The van der Waals surface area contributed by atoms with Crippen molar-refractivity contribution in [3.05, 3.63) is 70.8 Å². The number of aryl methyl sites for hydroxylation is 1. The number of benzene rings is 2. The van der Waals surface area contributed by atoms with Crippen LogP contribution in [0.3, 0.4) is 0 Å². The highest BCUT2D eigenvalue weighted by Crippen LogP contribution is 2.28. The van der Waals surface area contributed by atoms with Crippen molar-refractivity contribution in [1.29, 1.82) is 0 Å². The maximum atomic E-state index is 15.5. The molecule has 0 unspecified atom stereocenters. The summed E-state index contributed by atoms with van der Waals surface area (Å²) < 4.78 is 23.0. The number of hydrogen-bond donors (Lipinski definition) is 2. The number of rotatable bonds is 14. The molecule has 3 rings (SSSR count). The lowest BCUT2D eigenvalue weighted by molar-refractivity contribution is -0.121. The quantitative estimate of drug-likeness (QED) is 0.236. The lowest BCUT2D eigenvalue weighted by Gasteiger charge is -2.19. The molecule has 0 bridgehead atoms. The Kier molecular flexibility index (Phi) is 11.5. The van der Waals surface area contributed by atoms with E-state index in [2.05, 4.69) is 10.3 Å². The molecule has 0 aliphatic rings. The summed E-state index contributed by atoms with van der Waals surface area (Å²) in [5, 5.41) is 12.0. The fourth-order valence-corrected chi connectivity index (χ4v) is 5.65. The molecule has 1 heterocycles. The molecule has 1 atom stereocenters. The minimum atomic E-state index is -1.09. The third-order valence-electron chi connectivity index (χ3n) is 6.55. The van der Waals surface area contributed by atoms with E-state index >= 15 is 4.39 Å². The Morgan fingerprint density at radius 3 is 2.46 bits per heavy atom. The van der Waals surface area contributed by atoms with Crippen molar-refractivity contribution >= 4 is 28.8 Å². The van der Waals surface area contributed by atoms with E-state index in [1.54, 1.807) is 41.8 Å². The molecule has 0 aliphatic carbocycles. The summed E-state index contributed by atoms with van der Waals surface area (Å²) >= 11 is 1.07. The number of carbonyl (C=O) groups is 3. The maximum absolute atomic E-state index is 15.5. The summed E-state index contributed by atoms with van der Waals surface area (Å²) in [7, 11) is 0. The lowest BCUT2D eigenvalue weighted by atomic mass is 9.98. The van der Waals surface area contributed by atoms with E-state index in [4.69, 9.17) is 4.74 Å². The average molecular weight is 584 g/mol. The smallest absolute Gasteiger partial charge is 0.336 e. The summed E-state index contributed by atoms with van der Waals surface area (Å²) in [5.74, 6) is -1.58. The monoisotopic (exact) mass is 583 g/mol. The molecule has 3 aromatic rings. The van der Waals surface area contributed by atoms with E-state index in [-0.39, 0.29) is 35.6 Å². The number of carbonyl (C=O) groups excluding carboxylic acids is 2. The van der Waals surface area contributed by atoms with Gasteiger partial charge in [-0.05, 0) is 48.9 Å². The van der Waals surface area contributed by atoms with Crippen LogP contribution >= 0.6 is 11.8 Å². The lowest BCUT2D eigenvalue weighted by Crippen LogP contribution is -2.34. The van der Waals surface area contributed by atoms with Gasteiger partial charge in [-0.1, -0.05) is 69.8 Å². The summed E-state index contributed by atoms with van der Waals surface area (Å²) in [6.45, 7) is 10.2. The minimum absolute atomic E-state index is 0.0337. The summed E-state index contributed by atoms with van der Waals surface area (Å²) in [5.41, 5.74) is 2.75. The van der Waals surface area contributed by atoms with Crippen LogP contribution in [-0.2, 0) is 29.1 Å². The van der Waals surface area contributed by atoms with Crippen LogP contribution in [0, 0.1) is 11.7 Å². The van der Waals surface area contributed by atoms with E-state index in [9.17, 15) is 19.5 Å². The second kappa shape index (κ2) is 14.8. The van der Waals surface area contributed by atoms with Crippen LogP contribution < -0.4 is 10.1 Å². The molecule has 2 N–H and O–H groups in total. The largest absolute Gasteiger partial charge is 0.478 e. The van der Waals surface area contributed by atoms with Crippen molar-refractivity contribution in [1.82, 2.24) is 14.9 Å². The van der Waals surface area contributed by atoms with Crippen LogP contribution in [-0.4, -0.2) is 43.5 Å². The first-order valence-electron chi connectivity index (χ1n) is 13.9. The third kappa shape index (κ3) is 8.19. The standard InChI is InChI=1S/C31H38FN3O5S/c1-6-25-26(17-33-29(37)27(15-19(4)5)41-28(36)7-2)35(31(34-25)40-8-3)18-21-14-13-20(16-24(21)32)22-11-9-10-12-23(22)30(38)39/h9-14,16,19,27H,6-8,15,17-18H2,1-5H3,(H,33,37)(H,38,39)/t27-/m0/s1. The Labute approximate surface area is 244 Å². The first-order valence-corrected chi connectivity index (χ1v) is 14.8. The molecular weight excluding hydrogens is 545 g/mol. The van der Waals surface area contributed by atoms with Gasteiger partial charge in [0, 0.05) is 12.0 Å². The van der Waals surface area contributed by atoms with E-state index in [1.165, 1.54) is 12.1 Å². The highest BCUT2D eigenvalue weighted by Gasteiger charge is 2.25. The molecule has 220 valence electrons. The number of amides is 1. The first-order chi connectivity index (χ1) is 19.6. The summed E-state index contributed by atoms with van der Waals surface area (Å²) in [6.07, 6.45) is 1.49. The molecule has 2 aromatic carbocycles. The van der Waals surface area contributed by atoms with Crippen molar-refractivity contribution in [2.24, 2.45) is 5.92 Å². The van der Waals surface area contributed by atoms with E-state index < -0.39 is 17.0 Å². The van der Waals surface area contributed by atoms with Gasteiger partial charge >= 0.3 is 5.97 Å². The van der Waals surface area contributed by atoms with Crippen LogP contribution in [0.25, 0.3) is 11.1 Å². The number of hydrogen-bond acceptors (Lipinski definition) is 6. The third-order valence-corrected chi connectivity index (χ3v) is 7.79. The van der Waals surface area contributed by atoms with Crippen LogP contribution in [0.1, 0.15) is 74.8 Å². The van der Waals surface area contributed by atoms with Gasteiger partial charge in [-0.15, -0.1) is 0 Å². The van der Waals surface area contributed by atoms with E-state index in [0.29, 0.717) is 54.3 Å². The molecule has 41 heavy (non-hydrogen) atoms. The maximum Gasteiger partial charge on any atom is 0.336 e. The second-order valence-corrected chi connectivity index (χ2v) is 11.3. The zero-order chi connectivity index (χ0) is 30.1. The molecule has 0 saturated carbocycles. The number of thioether (sulfide) groups is 1. The second-order valence-electron chi connectivity index (χ2n) is 10.00. The highest BCUT2D eigenvalue weighted by atomic mass is 32.2. The number of aromatic nitrogens is 2. The zero-order valence-corrected chi connectivity index (χ0v) is 25.0. The zero-order valence-electron chi connectivity index (χ0n) is 24.2. The van der Waals surface area contributed by atoms with Crippen LogP contribution in [0.2, 0.25) is 0 Å². The molecule has 1 amide bonds. The molecule has 0 aliphatic heterocycles. The number of nitrogens with zero attached hydrogens (tertiary/aromatic N) is 2. The minimum Gasteiger partial charge on any atom is -0.478 e. The van der Waals surface area contributed by atoms with E-state index in [0.717, 1.165) is 17.5 Å². The average Bonchev–Trinajstić information content (AvgIpc) is 3.27. The first kappa shape index (κ1) is 31.9. The normalized spacial score (nSPS) is 11.9. The van der Waals surface area contributed by atoms with E-state index in [1.807, 2.05) is 27.7 Å². The van der Waals surface area contributed by atoms with Crippen LogP contribution in [0.4, 0.5) is 4.39 Å². The van der Waals surface area contributed by atoms with Gasteiger partial charge in [0.15, 0.2) is 5.12 Å². The number of imidazole rings is 1. The molecule has 0 fully saturated rings. The highest BCUT2D eigenvalue weighted by molar-refractivity contribution is 8.14. The Hall–Kier alpha value is -3.66. The number of aromatic carboxylic acids is 1. The molecule has 0 radical (unpaired) electrons. The number of carboxylic acids is 1. The SMILES string of the molecule is CCOc1nc(CC)c(CNC(=O)[C@H](CC(C)C)SC(=O)CC)n1Cc1ccc(-c2ccccc2C(=O)O)cc1F. The number of ether oxygens (including phenoxy) is 1. The van der Waals surface area contributed by atoms with Gasteiger partial charge in [0.1, 0.15) is 5.82 Å². The van der Waals surface area contributed by atoms with Gasteiger partial charge < -0.3 is 15.2 Å². The van der Waals surface area contributed by atoms with Crippen LogP contribution in [0.5, 0.6) is 6.01 Å². The van der Waals surface area contributed by atoms with Gasteiger partial charge in [0.25, 0.3) is 6.01 Å². The van der Waals surface area contributed by atoms with Crippen molar-refractivity contribution in [3.8, 4) is 17.1 Å². The summed E-state index contributed by atoms with van der Waals surface area (Å²) in [4.78, 5) is 41.5. The molecule has 8 nitrogen and oxygen atoms in total. The van der Waals surface area contributed by atoms with Crippen molar-refractivity contribution in [2.45, 2.75) is 72.2 Å². The number of halogens is 1. The van der Waals surface area contributed by atoms with Gasteiger partial charge in [-0.25, -0.2) is 9.18 Å². The van der Waals surface area contributed by atoms with Crippen molar-refractivity contribution in [3.63, 3.8) is 0 Å². The Morgan fingerprint density at radius 1 is 1.12 bits per heavy atom. The van der Waals surface area contributed by atoms with Gasteiger partial charge in [-0.2, -0.15) is 4.98 Å². The van der Waals surface area contributed by atoms with Crippen molar-refractivity contribution in [2.75, 3.05) is 6.61 Å². The van der Waals surface area contributed by atoms with Gasteiger partial charge in [0.2, 0.25) is 5.91 Å². The predicted molar refractivity (Wildman–Crippen MR) is 159 cm³/mol. The fraction of sp³-hybridized carbons (Fsp3) is 0.419. The number of nitrogens with one attached hydrogen (secondary N) is 1. The summed E-state index contributed by atoms with van der Waals surface area (Å²) in [6, 6.07) is 11.4. The Bertz CT molecular complexity index is 1390. The predicted octanol–water partition coefficient (Wildman–Crippen LogP) is 6.10. The van der Waals surface area contributed by atoms with Crippen LogP contribution in [0.15, 0.2) is 42.5 Å². The van der Waals surface area contributed by atoms with Gasteiger partial charge in [-0.3, -0.25) is 14.2 Å². The Morgan fingerprint density at radius 2 is 1.85 bits per heavy atom. The Balaban J connectivity index is 1.92. The molecule has 0 spiro atoms. The van der Waals surface area contributed by atoms with Crippen molar-refractivity contribution < 1.29 is 28.6 Å². The molecule has 0 saturated heterocycles.